The van der Waals surface area contributed by atoms with Gasteiger partial charge in [-0.2, -0.15) is 0 Å². The van der Waals surface area contributed by atoms with Gasteiger partial charge >= 0.3 is 6.03 Å². The molecule has 2 amide bonds. The second-order valence-electron chi connectivity index (χ2n) is 5.70. The van der Waals surface area contributed by atoms with E-state index in [1.54, 1.807) is 17.9 Å². The van der Waals surface area contributed by atoms with Gasteiger partial charge in [-0.15, -0.1) is 0 Å². The molecule has 1 heterocycles. The molecule has 1 aromatic rings. The molecule has 1 saturated heterocycles. The van der Waals surface area contributed by atoms with Crippen molar-refractivity contribution in [3.63, 3.8) is 0 Å². The molecule has 2 unspecified atom stereocenters. The molecule has 2 atom stereocenters. The Kier molecular flexibility index (Phi) is 5.59. The Hall–Kier alpha value is -1.59. The summed E-state index contributed by atoms with van der Waals surface area (Å²) >= 11 is 0. The third-order valence-electron chi connectivity index (χ3n) is 3.96. The monoisotopic (exact) mass is 292 g/mol. The molecule has 0 spiro atoms. The van der Waals surface area contributed by atoms with Crippen LogP contribution < -0.4 is 5.32 Å². The average molecular weight is 292 g/mol. The minimum Gasteiger partial charge on any atom is -0.396 e. The van der Waals surface area contributed by atoms with E-state index in [9.17, 15) is 9.90 Å². The maximum atomic E-state index is 12.3. The fourth-order valence-corrected chi connectivity index (χ4v) is 2.75. The molecule has 0 aromatic heterocycles. The van der Waals surface area contributed by atoms with E-state index in [-0.39, 0.29) is 12.6 Å². The van der Waals surface area contributed by atoms with Crippen LogP contribution in [0.25, 0.3) is 0 Å². The van der Waals surface area contributed by atoms with Gasteiger partial charge in [-0.3, -0.25) is 0 Å². The van der Waals surface area contributed by atoms with E-state index in [0.717, 1.165) is 31.4 Å². The van der Waals surface area contributed by atoms with Gasteiger partial charge in [0.1, 0.15) is 0 Å². The summed E-state index contributed by atoms with van der Waals surface area (Å²) in [6.07, 6.45) is 2.25. The van der Waals surface area contributed by atoms with Crippen LogP contribution in [0, 0.1) is 5.92 Å². The molecule has 21 heavy (non-hydrogen) atoms. The summed E-state index contributed by atoms with van der Waals surface area (Å²) in [5.74, 6) is 0.387. The van der Waals surface area contributed by atoms with Gasteiger partial charge in [-0.05, 0) is 49.8 Å². The smallest absolute Gasteiger partial charge is 0.321 e. The number of nitrogens with one attached hydrogen (secondary N) is 1. The summed E-state index contributed by atoms with van der Waals surface area (Å²) in [5, 5.41) is 21.5. The topological polar surface area (TPSA) is 72.8 Å². The lowest BCUT2D eigenvalue weighted by molar-refractivity contribution is 0.159. The lowest BCUT2D eigenvalue weighted by atomic mass is 9.95. The maximum absolute atomic E-state index is 12.3. The first-order chi connectivity index (χ1) is 10.1. The molecule has 0 aliphatic carbocycles. The first-order valence-corrected chi connectivity index (χ1v) is 7.55. The van der Waals surface area contributed by atoms with Crippen molar-refractivity contribution in [2.24, 2.45) is 5.92 Å². The molecule has 116 valence electrons. The number of rotatable bonds is 4. The zero-order chi connectivity index (χ0) is 15.2. The predicted molar refractivity (Wildman–Crippen MR) is 82.1 cm³/mol. The van der Waals surface area contributed by atoms with Crippen LogP contribution in [-0.2, 0) is 0 Å². The van der Waals surface area contributed by atoms with Crippen LogP contribution in [-0.4, -0.2) is 40.8 Å². The molecule has 1 fully saturated rings. The molecule has 1 aromatic carbocycles. The number of likely N-dealkylation sites (tertiary alicyclic amines) is 1. The van der Waals surface area contributed by atoms with Crippen molar-refractivity contribution < 1.29 is 15.0 Å². The fraction of sp³-hybridized carbons (Fsp3) is 0.562. The van der Waals surface area contributed by atoms with Gasteiger partial charge in [-0.25, -0.2) is 4.79 Å². The number of carbonyl (C=O) groups excluding carboxylic acids is 1. The van der Waals surface area contributed by atoms with E-state index >= 15 is 0 Å². The van der Waals surface area contributed by atoms with Crippen LogP contribution in [0.15, 0.2) is 24.3 Å². The lowest BCUT2D eigenvalue weighted by Crippen LogP contribution is -2.42. The zero-order valence-corrected chi connectivity index (χ0v) is 12.5. The van der Waals surface area contributed by atoms with Gasteiger partial charge in [0.25, 0.3) is 0 Å². The van der Waals surface area contributed by atoms with E-state index in [1.165, 1.54) is 0 Å². The zero-order valence-electron chi connectivity index (χ0n) is 12.5. The minimum absolute atomic E-state index is 0.111. The summed E-state index contributed by atoms with van der Waals surface area (Å²) in [5.41, 5.74) is 1.48. The van der Waals surface area contributed by atoms with Crippen molar-refractivity contribution in [1.29, 1.82) is 0 Å². The van der Waals surface area contributed by atoms with E-state index in [0.29, 0.717) is 18.2 Å². The quantitative estimate of drug-likeness (QED) is 0.797. The van der Waals surface area contributed by atoms with Gasteiger partial charge in [0.05, 0.1) is 6.10 Å². The number of amides is 2. The standard InChI is InChI=1S/C16H24N2O3/c1-12(20)14-5-2-6-15(10-14)17-16(21)18-8-3-4-13(11-18)7-9-19/h2,5-6,10,12-13,19-20H,3-4,7-9,11H2,1H3,(H,17,21). The number of piperidine rings is 1. The van der Waals surface area contributed by atoms with Crippen LogP contribution in [0.2, 0.25) is 0 Å². The number of aliphatic hydroxyl groups excluding tert-OH is 2. The number of benzene rings is 1. The van der Waals surface area contributed by atoms with Gasteiger partial charge in [-0.1, -0.05) is 12.1 Å². The summed E-state index contributed by atoms with van der Waals surface area (Å²) in [4.78, 5) is 14.1. The predicted octanol–water partition coefficient (Wildman–Crippen LogP) is 2.37. The first-order valence-electron chi connectivity index (χ1n) is 7.55. The highest BCUT2D eigenvalue weighted by molar-refractivity contribution is 5.89. The third-order valence-corrected chi connectivity index (χ3v) is 3.96. The molecule has 1 aliphatic heterocycles. The van der Waals surface area contributed by atoms with Gasteiger partial charge in [0.2, 0.25) is 0 Å². The van der Waals surface area contributed by atoms with Crippen LogP contribution >= 0.6 is 0 Å². The summed E-state index contributed by atoms with van der Waals surface area (Å²) in [6.45, 7) is 3.33. The molecular weight excluding hydrogens is 268 g/mol. The van der Waals surface area contributed by atoms with E-state index in [2.05, 4.69) is 5.32 Å². The number of carbonyl (C=O) groups is 1. The first kappa shape index (κ1) is 15.8. The Morgan fingerprint density at radius 1 is 1.52 bits per heavy atom. The Balaban J connectivity index is 1.96. The summed E-state index contributed by atoms with van der Waals surface area (Å²) in [7, 11) is 0. The molecule has 0 saturated carbocycles. The number of anilines is 1. The van der Waals surface area contributed by atoms with Crippen molar-refractivity contribution in [2.45, 2.75) is 32.3 Å². The number of nitrogens with zero attached hydrogens (tertiary/aromatic N) is 1. The van der Waals surface area contributed by atoms with Crippen molar-refractivity contribution in [1.82, 2.24) is 4.90 Å². The molecule has 1 aliphatic rings. The largest absolute Gasteiger partial charge is 0.396 e. The summed E-state index contributed by atoms with van der Waals surface area (Å²) in [6, 6.07) is 7.15. The third kappa shape index (κ3) is 4.44. The van der Waals surface area contributed by atoms with Crippen LogP contribution in [0.1, 0.15) is 37.9 Å². The van der Waals surface area contributed by atoms with E-state index in [4.69, 9.17) is 5.11 Å². The van der Waals surface area contributed by atoms with Gasteiger partial charge in [0, 0.05) is 25.4 Å². The van der Waals surface area contributed by atoms with Crippen LogP contribution in [0.5, 0.6) is 0 Å². The second-order valence-corrected chi connectivity index (χ2v) is 5.70. The number of hydrogen-bond acceptors (Lipinski definition) is 3. The van der Waals surface area contributed by atoms with Gasteiger partial charge in [0.15, 0.2) is 0 Å². The second kappa shape index (κ2) is 7.43. The molecule has 3 N–H and O–H groups in total. The molecule has 0 bridgehead atoms. The Morgan fingerprint density at radius 3 is 3.05 bits per heavy atom. The van der Waals surface area contributed by atoms with Crippen LogP contribution in [0.3, 0.4) is 0 Å². The molecule has 0 radical (unpaired) electrons. The highest BCUT2D eigenvalue weighted by Gasteiger charge is 2.23. The lowest BCUT2D eigenvalue weighted by Gasteiger charge is -2.32. The average Bonchev–Trinajstić information content (AvgIpc) is 2.48. The minimum atomic E-state index is -0.550. The molecule has 5 heteroatoms. The Labute approximate surface area is 125 Å². The SMILES string of the molecule is CC(O)c1cccc(NC(=O)N2CCCC(CCO)C2)c1. The highest BCUT2D eigenvalue weighted by Crippen LogP contribution is 2.21. The number of urea groups is 1. The van der Waals surface area contributed by atoms with E-state index in [1.807, 2.05) is 18.2 Å². The molecule has 5 nitrogen and oxygen atoms in total. The Bertz CT molecular complexity index is 474. The number of aliphatic hydroxyl groups is 2. The molecule has 2 rings (SSSR count). The fourth-order valence-electron chi connectivity index (χ4n) is 2.75. The van der Waals surface area contributed by atoms with Crippen molar-refractivity contribution in [3.8, 4) is 0 Å². The summed E-state index contributed by atoms with van der Waals surface area (Å²) < 4.78 is 0. The van der Waals surface area contributed by atoms with Gasteiger partial charge < -0.3 is 20.4 Å². The number of hydrogen-bond donors (Lipinski definition) is 3. The Morgan fingerprint density at radius 2 is 2.33 bits per heavy atom. The van der Waals surface area contributed by atoms with Crippen molar-refractivity contribution in [3.05, 3.63) is 29.8 Å². The highest BCUT2D eigenvalue weighted by atomic mass is 16.3. The van der Waals surface area contributed by atoms with Crippen LogP contribution in [0.4, 0.5) is 10.5 Å². The van der Waals surface area contributed by atoms with Crippen molar-refractivity contribution in [2.75, 3.05) is 25.0 Å². The van der Waals surface area contributed by atoms with Crippen molar-refractivity contribution >= 4 is 11.7 Å². The van der Waals surface area contributed by atoms with E-state index < -0.39 is 6.10 Å². The maximum Gasteiger partial charge on any atom is 0.321 e. The molecular formula is C16H24N2O3. The normalized spacial score (nSPS) is 20.1.